The molecule has 9 heteroatoms. The van der Waals surface area contributed by atoms with Crippen LogP contribution in [-0.4, -0.2) is 36.0 Å². The summed E-state index contributed by atoms with van der Waals surface area (Å²) in [5, 5.41) is 2.04. The molecule has 0 fully saturated rings. The maximum absolute atomic E-state index is 12.6. The Morgan fingerprint density at radius 2 is 2.12 bits per heavy atom. The molecule has 1 rings (SSSR count). The van der Waals surface area contributed by atoms with E-state index in [2.05, 4.69) is 9.97 Å². The molecule has 1 heterocycles. The van der Waals surface area contributed by atoms with Gasteiger partial charge in [-0.2, -0.15) is 18.7 Å². The fourth-order valence-corrected chi connectivity index (χ4v) is 0.924. The number of ether oxygens (including phenoxy) is 1. The van der Waals surface area contributed by atoms with Crippen LogP contribution in [0.5, 0.6) is 5.88 Å². The number of hydrogen-bond donors (Lipinski definition) is 2. The summed E-state index contributed by atoms with van der Waals surface area (Å²) in [5.74, 6) is -4.44. The molecule has 0 bridgehead atoms. The molecule has 0 unspecified atom stereocenters. The first-order valence-corrected chi connectivity index (χ1v) is 4.43. The van der Waals surface area contributed by atoms with E-state index in [0.29, 0.717) is 0 Å². The van der Waals surface area contributed by atoms with Crippen LogP contribution in [0.15, 0.2) is 6.07 Å². The second-order valence-electron chi connectivity index (χ2n) is 3.07. The summed E-state index contributed by atoms with van der Waals surface area (Å²) in [7, 11) is 1.29. The van der Waals surface area contributed by atoms with Gasteiger partial charge in [-0.25, -0.2) is 8.78 Å². The molecule has 0 spiro atoms. The molecule has 96 valence electrons. The first kappa shape index (κ1) is 13.3. The second kappa shape index (κ2) is 5.02. The first-order chi connectivity index (χ1) is 7.85. The zero-order valence-electron chi connectivity index (χ0n) is 8.75. The number of hydrogen-bond acceptors (Lipinski definition) is 5. The minimum atomic E-state index is -4.15. The van der Waals surface area contributed by atoms with Gasteiger partial charge in [-0.15, -0.1) is 0 Å². The Kier molecular flexibility index (Phi) is 3.92. The normalized spacial score (nSPS) is 11.6. The molecule has 0 aliphatic heterocycles. The van der Waals surface area contributed by atoms with Gasteiger partial charge in [-0.3, -0.25) is 0 Å². The summed E-state index contributed by atoms with van der Waals surface area (Å²) in [6, 6.07) is 1.16. The largest absolute Gasteiger partial charge is 0.481 e. The van der Waals surface area contributed by atoms with E-state index in [1.165, 1.54) is 7.11 Å². The van der Waals surface area contributed by atoms with Gasteiger partial charge in [0.25, 0.3) is 0 Å². The monoisotopic (exact) mass is 254 g/mol. The lowest BCUT2D eigenvalue weighted by Gasteiger charge is -2.16. The number of anilines is 2. The number of nitrogens with zero attached hydrogens (tertiary/aromatic N) is 2. The Bertz CT molecular complexity index is 388. The van der Waals surface area contributed by atoms with Gasteiger partial charge in [-0.05, 0) is 0 Å². The zero-order chi connectivity index (χ0) is 13.1. The SMILES string of the molecule is COc1cc(NCC(F)(F)C(F)F)nc(N)n1. The summed E-state index contributed by atoms with van der Waals surface area (Å²) in [6.07, 6.45) is -3.75. The number of halogens is 4. The van der Waals surface area contributed by atoms with Crippen LogP contribution in [0, 0.1) is 0 Å². The van der Waals surface area contributed by atoms with Crippen molar-refractivity contribution in [3.8, 4) is 5.88 Å². The van der Waals surface area contributed by atoms with Crippen molar-refractivity contribution in [3.63, 3.8) is 0 Å². The van der Waals surface area contributed by atoms with Gasteiger partial charge >= 0.3 is 12.3 Å². The molecule has 0 aliphatic rings. The van der Waals surface area contributed by atoms with E-state index in [-0.39, 0.29) is 17.6 Å². The van der Waals surface area contributed by atoms with Crippen molar-refractivity contribution in [2.75, 3.05) is 24.7 Å². The summed E-state index contributed by atoms with van der Waals surface area (Å²) in [4.78, 5) is 7.14. The van der Waals surface area contributed by atoms with Crippen molar-refractivity contribution in [3.05, 3.63) is 6.07 Å². The molecule has 5 nitrogen and oxygen atoms in total. The highest BCUT2D eigenvalue weighted by Gasteiger charge is 2.40. The van der Waals surface area contributed by atoms with Crippen LogP contribution >= 0.6 is 0 Å². The molecule has 0 saturated heterocycles. The fraction of sp³-hybridized carbons (Fsp3) is 0.500. The van der Waals surface area contributed by atoms with Crippen LogP contribution in [0.4, 0.5) is 29.3 Å². The van der Waals surface area contributed by atoms with E-state index in [0.717, 1.165) is 6.07 Å². The number of nitrogens with two attached hydrogens (primary N) is 1. The number of nitrogen functional groups attached to an aromatic ring is 1. The van der Waals surface area contributed by atoms with Gasteiger partial charge in [0.1, 0.15) is 5.82 Å². The number of aromatic nitrogens is 2. The lowest BCUT2D eigenvalue weighted by Crippen LogP contribution is -2.35. The van der Waals surface area contributed by atoms with Gasteiger partial charge in [0.15, 0.2) is 0 Å². The van der Waals surface area contributed by atoms with Crippen LogP contribution in [0.1, 0.15) is 0 Å². The van der Waals surface area contributed by atoms with Crippen molar-refractivity contribution in [1.29, 1.82) is 0 Å². The highest BCUT2D eigenvalue weighted by molar-refractivity contribution is 5.42. The average molecular weight is 254 g/mol. The molecule has 17 heavy (non-hydrogen) atoms. The van der Waals surface area contributed by atoms with Crippen LogP contribution in [0.25, 0.3) is 0 Å². The minimum Gasteiger partial charge on any atom is -0.481 e. The molecular formula is C8H10F4N4O. The van der Waals surface area contributed by atoms with Gasteiger partial charge in [0.05, 0.1) is 13.7 Å². The molecule has 1 aromatic rings. The van der Waals surface area contributed by atoms with Gasteiger partial charge in [-0.1, -0.05) is 0 Å². The predicted molar refractivity (Wildman–Crippen MR) is 52.4 cm³/mol. The molecule has 0 aliphatic carbocycles. The van der Waals surface area contributed by atoms with E-state index in [9.17, 15) is 17.6 Å². The van der Waals surface area contributed by atoms with E-state index >= 15 is 0 Å². The van der Waals surface area contributed by atoms with E-state index in [4.69, 9.17) is 10.5 Å². The number of methoxy groups -OCH3 is 1. The molecule has 0 atom stereocenters. The summed E-state index contributed by atoms with van der Waals surface area (Å²) < 4.78 is 53.6. The fourth-order valence-electron chi connectivity index (χ4n) is 0.924. The van der Waals surface area contributed by atoms with Crippen molar-refractivity contribution >= 4 is 11.8 Å². The Hall–Kier alpha value is -1.80. The van der Waals surface area contributed by atoms with Crippen LogP contribution < -0.4 is 15.8 Å². The molecule has 0 saturated carbocycles. The number of nitrogens with one attached hydrogen (secondary N) is 1. The van der Waals surface area contributed by atoms with Crippen LogP contribution in [0.2, 0.25) is 0 Å². The molecule has 0 amide bonds. The first-order valence-electron chi connectivity index (χ1n) is 4.43. The van der Waals surface area contributed by atoms with E-state index < -0.39 is 18.9 Å². The van der Waals surface area contributed by atoms with Crippen LogP contribution in [0.3, 0.4) is 0 Å². The van der Waals surface area contributed by atoms with Gasteiger partial charge in [0.2, 0.25) is 11.8 Å². The number of alkyl halides is 4. The maximum atomic E-state index is 12.6. The van der Waals surface area contributed by atoms with Crippen molar-refractivity contribution in [2.45, 2.75) is 12.3 Å². The molecule has 0 radical (unpaired) electrons. The lowest BCUT2D eigenvalue weighted by atomic mass is 10.3. The smallest absolute Gasteiger partial charge is 0.324 e. The van der Waals surface area contributed by atoms with Gasteiger partial charge < -0.3 is 15.8 Å². The Labute approximate surface area is 94.0 Å². The predicted octanol–water partition coefficient (Wildman–Crippen LogP) is 1.38. The van der Waals surface area contributed by atoms with Crippen LogP contribution in [-0.2, 0) is 0 Å². The molecular weight excluding hydrogens is 244 g/mol. The topological polar surface area (TPSA) is 73.1 Å². The van der Waals surface area contributed by atoms with Crippen molar-refractivity contribution in [1.82, 2.24) is 9.97 Å². The van der Waals surface area contributed by atoms with E-state index in [1.807, 2.05) is 5.32 Å². The molecule has 1 aromatic heterocycles. The maximum Gasteiger partial charge on any atom is 0.324 e. The Morgan fingerprint density at radius 1 is 1.47 bits per heavy atom. The molecule has 3 N–H and O–H groups in total. The summed E-state index contributed by atoms with van der Waals surface area (Å²) >= 11 is 0. The molecule has 0 aromatic carbocycles. The van der Waals surface area contributed by atoms with Gasteiger partial charge in [0, 0.05) is 6.07 Å². The quantitative estimate of drug-likeness (QED) is 0.776. The van der Waals surface area contributed by atoms with Crippen molar-refractivity contribution < 1.29 is 22.3 Å². The highest BCUT2D eigenvalue weighted by Crippen LogP contribution is 2.23. The second-order valence-corrected chi connectivity index (χ2v) is 3.07. The zero-order valence-corrected chi connectivity index (χ0v) is 8.75. The Balaban J connectivity index is 2.72. The average Bonchev–Trinajstić information content (AvgIpc) is 2.25. The third-order valence-corrected chi connectivity index (χ3v) is 1.75. The third-order valence-electron chi connectivity index (χ3n) is 1.75. The standard InChI is InChI=1S/C8H10F4N4O/c1-17-5-2-4(15-7(13)16-5)14-3-8(11,12)6(9)10/h2,6H,3H2,1H3,(H3,13,14,15,16). The van der Waals surface area contributed by atoms with Crippen molar-refractivity contribution in [2.24, 2.45) is 0 Å². The highest BCUT2D eigenvalue weighted by atomic mass is 19.3. The Morgan fingerprint density at radius 3 is 2.65 bits per heavy atom. The lowest BCUT2D eigenvalue weighted by molar-refractivity contribution is -0.117. The minimum absolute atomic E-state index is 0.0420. The summed E-state index contributed by atoms with van der Waals surface area (Å²) in [5.41, 5.74) is 5.26. The summed E-state index contributed by atoms with van der Waals surface area (Å²) in [6.45, 7) is -1.26. The third kappa shape index (κ3) is 3.61. The van der Waals surface area contributed by atoms with E-state index in [1.54, 1.807) is 0 Å². The number of rotatable bonds is 5.